The summed E-state index contributed by atoms with van der Waals surface area (Å²) in [5, 5.41) is 3.01. The summed E-state index contributed by atoms with van der Waals surface area (Å²) in [4.78, 5) is 26.5. The molecule has 1 aliphatic heterocycles. The molecule has 154 valence electrons. The minimum atomic E-state index is -0.0942. The smallest absolute Gasteiger partial charge is 0.251 e. The van der Waals surface area contributed by atoms with Crippen molar-refractivity contribution in [3.63, 3.8) is 0 Å². The van der Waals surface area contributed by atoms with Crippen molar-refractivity contribution < 1.29 is 14.0 Å². The summed E-state index contributed by atoms with van der Waals surface area (Å²) in [6.45, 7) is 4.61. The summed E-state index contributed by atoms with van der Waals surface area (Å²) in [7, 11) is 0. The van der Waals surface area contributed by atoms with Crippen molar-refractivity contribution in [2.24, 2.45) is 0 Å². The van der Waals surface area contributed by atoms with Crippen LogP contribution in [0.1, 0.15) is 41.9 Å². The second-order valence-electron chi connectivity index (χ2n) is 7.73. The normalized spacial score (nSPS) is 13.7. The molecule has 0 unspecified atom stereocenters. The molecule has 0 bridgehead atoms. The third-order valence-electron chi connectivity index (χ3n) is 5.52. The number of amides is 2. The Morgan fingerprint density at radius 2 is 1.87 bits per heavy atom. The zero-order chi connectivity index (χ0) is 21.1. The number of nitrogens with one attached hydrogen (secondary N) is 1. The Balaban J connectivity index is 1.43. The molecule has 0 saturated heterocycles. The minimum absolute atomic E-state index is 0.0196. The van der Waals surface area contributed by atoms with Gasteiger partial charge in [-0.05, 0) is 66.4 Å². The van der Waals surface area contributed by atoms with Gasteiger partial charge in [-0.25, -0.2) is 0 Å². The molecule has 3 aromatic rings. The molecule has 30 heavy (non-hydrogen) atoms. The molecule has 0 saturated carbocycles. The number of rotatable bonds is 6. The molecular formula is C25H26N2O3. The van der Waals surface area contributed by atoms with Crippen molar-refractivity contribution in [1.29, 1.82) is 0 Å². The molecule has 0 aliphatic carbocycles. The van der Waals surface area contributed by atoms with Crippen molar-refractivity contribution in [3.05, 3.63) is 77.7 Å². The van der Waals surface area contributed by atoms with Gasteiger partial charge in [0, 0.05) is 36.7 Å². The van der Waals surface area contributed by atoms with E-state index in [0.29, 0.717) is 18.4 Å². The van der Waals surface area contributed by atoms with Crippen molar-refractivity contribution in [1.82, 2.24) is 5.32 Å². The van der Waals surface area contributed by atoms with Crippen molar-refractivity contribution >= 4 is 17.5 Å². The average molecular weight is 402 g/mol. The fourth-order valence-electron chi connectivity index (χ4n) is 3.93. The van der Waals surface area contributed by atoms with Crippen LogP contribution in [0.5, 0.6) is 0 Å². The van der Waals surface area contributed by atoms with E-state index in [1.54, 1.807) is 6.26 Å². The lowest BCUT2D eigenvalue weighted by Crippen LogP contribution is -2.33. The quantitative estimate of drug-likeness (QED) is 0.655. The fourth-order valence-corrected chi connectivity index (χ4v) is 3.93. The zero-order valence-electron chi connectivity index (χ0n) is 17.4. The highest BCUT2D eigenvalue weighted by atomic mass is 16.3. The Morgan fingerprint density at radius 1 is 1.10 bits per heavy atom. The standard InChI is InChI=1S/C25H26N2O3/c1-3-24(28)27-13-12-21-16-20(10-11-23(21)27)18-6-8-19(9-7-18)25(29)26-17(2)15-22-5-4-14-30-22/h4-11,14,16-17H,3,12-13,15H2,1-2H3,(H,26,29)/t17-/m0/s1. The van der Waals surface area contributed by atoms with Gasteiger partial charge in [-0.15, -0.1) is 0 Å². The van der Waals surface area contributed by atoms with Gasteiger partial charge < -0.3 is 14.6 Å². The number of carbonyl (C=O) groups excluding carboxylic acids is 2. The van der Waals surface area contributed by atoms with E-state index in [1.807, 2.05) is 67.3 Å². The lowest BCUT2D eigenvalue weighted by Gasteiger charge is -2.16. The Hall–Kier alpha value is -3.34. The van der Waals surface area contributed by atoms with Crippen LogP contribution in [0.4, 0.5) is 5.69 Å². The molecular weight excluding hydrogens is 376 g/mol. The van der Waals surface area contributed by atoms with Crippen LogP contribution < -0.4 is 10.2 Å². The van der Waals surface area contributed by atoms with Crippen LogP contribution in [0.25, 0.3) is 11.1 Å². The maximum Gasteiger partial charge on any atom is 0.251 e. The van der Waals surface area contributed by atoms with E-state index in [1.165, 1.54) is 5.56 Å². The third-order valence-corrected chi connectivity index (χ3v) is 5.52. The molecule has 2 aromatic carbocycles. The summed E-state index contributed by atoms with van der Waals surface area (Å²) < 4.78 is 5.34. The molecule has 0 spiro atoms. The number of hydrogen-bond donors (Lipinski definition) is 1. The van der Waals surface area contributed by atoms with E-state index in [-0.39, 0.29) is 17.9 Å². The molecule has 5 nitrogen and oxygen atoms in total. The molecule has 2 heterocycles. The first-order valence-electron chi connectivity index (χ1n) is 10.4. The Bertz CT molecular complexity index is 1040. The van der Waals surface area contributed by atoms with Crippen LogP contribution in [0, 0.1) is 0 Å². The van der Waals surface area contributed by atoms with Crippen molar-refractivity contribution in [2.75, 3.05) is 11.4 Å². The maximum absolute atomic E-state index is 12.5. The summed E-state index contributed by atoms with van der Waals surface area (Å²) in [5.41, 5.74) is 5.00. The minimum Gasteiger partial charge on any atom is -0.469 e. The van der Waals surface area contributed by atoms with Crippen LogP contribution in [-0.2, 0) is 17.6 Å². The molecule has 1 atom stereocenters. The second-order valence-corrected chi connectivity index (χ2v) is 7.73. The van der Waals surface area contributed by atoms with Crippen molar-refractivity contribution in [2.45, 2.75) is 39.2 Å². The maximum atomic E-state index is 12.5. The monoisotopic (exact) mass is 402 g/mol. The molecule has 0 radical (unpaired) electrons. The highest BCUT2D eigenvalue weighted by molar-refractivity contribution is 5.96. The zero-order valence-corrected chi connectivity index (χ0v) is 17.4. The van der Waals surface area contributed by atoms with E-state index >= 15 is 0 Å². The largest absolute Gasteiger partial charge is 0.469 e. The molecule has 2 amide bonds. The van der Waals surface area contributed by atoms with Gasteiger partial charge in [-0.2, -0.15) is 0 Å². The Kier molecular flexibility index (Phi) is 5.70. The second kappa shape index (κ2) is 8.57. The molecule has 1 aliphatic rings. The summed E-state index contributed by atoms with van der Waals surface area (Å²) in [5.74, 6) is 0.926. The van der Waals surface area contributed by atoms with Gasteiger partial charge >= 0.3 is 0 Å². The average Bonchev–Trinajstić information content (AvgIpc) is 3.42. The van der Waals surface area contributed by atoms with Crippen molar-refractivity contribution in [3.8, 4) is 11.1 Å². The number of carbonyl (C=O) groups is 2. The SMILES string of the molecule is CCC(=O)N1CCc2cc(-c3ccc(C(=O)N[C@@H](C)Cc4ccco4)cc3)ccc21. The van der Waals surface area contributed by atoms with Crippen LogP contribution in [0.15, 0.2) is 65.3 Å². The van der Waals surface area contributed by atoms with Gasteiger partial charge in [0.15, 0.2) is 0 Å². The van der Waals surface area contributed by atoms with Crippen LogP contribution in [-0.4, -0.2) is 24.4 Å². The topological polar surface area (TPSA) is 62.6 Å². The fraction of sp³-hybridized carbons (Fsp3) is 0.280. The lowest BCUT2D eigenvalue weighted by molar-refractivity contribution is -0.118. The Labute approximate surface area is 176 Å². The number of anilines is 1. The first-order chi connectivity index (χ1) is 14.5. The predicted octanol–water partition coefficient (Wildman–Crippen LogP) is 4.61. The predicted molar refractivity (Wildman–Crippen MR) is 118 cm³/mol. The first-order valence-corrected chi connectivity index (χ1v) is 10.4. The highest BCUT2D eigenvalue weighted by Gasteiger charge is 2.23. The van der Waals surface area contributed by atoms with Crippen LogP contribution in [0.2, 0.25) is 0 Å². The highest BCUT2D eigenvalue weighted by Crippen LogP contribution is 2.32. The van der Waals surface area contributed by atoms with E-state index in [9.17, 15) is 9.59 Å². The summed E-state index contributed by atoms with van der Waals surface area (Å²) in [6.07, 6.45) is 3.69. The third kappa shape index (κ3) is 4.15. The lowest BCUT2D eigenvalue weighted by atomic mass is 10.0. The van der Waals surface area contributed by atoms with Crippen LogP contribution >= 0.6 is 0 Å². The van der Waals surface area contributed by atoms with E-state index in [0.717, 1.165) is 35.5 Å². The number of hydrogen-bond acceptors (Lipinski definition) is 3. The number of fused-ring (bicyclic) bond motifs is 1. The van der Waals surface area contributed by atoms with E-state index in [2.05, 4.69) is 11.4 Å². The molecule has 1 N–H and O–H groups in total. The molecule has 0 fully saturated rings. The van der Waals surface area contributed by atoms with Gasteiger partial charge in [-0.1, -0.05) is 25.1 Å². The Morgan fingerprint density at radius 3 is 2.57 bits per heavy atom. The summed E-state index contributed by atoms with van der Waals surface area (Å²) >= 11 is 0. The van der Waals surface area contributed by atoms with Crippen LogP contribution in [0.3, 0.4) is 0 Å². The van der Waals surface area contributed by atoms with Gasteiger partial charge in [-0.3, -0.25) is 9.59 Å². The van der Waals surface area contributed by atoms with Gasteiger partial charge in [0.05, 0.1) is 6.26 Å². The molecule has 1 aromatic heterocycles. The first kappa shape index (κ1) is 20.0. The molecule has 5 heteroatoms. The van der Waals surface area contributed by atoms with Gasteiger partial charge in [0.2, 0.25) is 5.91 Å². The number of furan rings is 1. The van der Waals surface area contributed by atoms with Gasteiger partial charge in [0.1, 0.15) is 5.76 Å². The molecule has 4 rings (SSSR count). The number of nitrogens with zero attached hydrogens (tertiary/aromatic N) is 1. The van der Waals surface area contributed by atoms with Gasteiger partial charge in [0.25, 0.3) is 5.91 Å². The number of benzene rings is 2. The van der Waals surface area contributed by atoms with E-state index in [4.69, 9.17) is 4.42 Å². The summed E-state index contributed by atoms with van der Waals surface area (Å²) in [6, 6.07) is 17.6. The van der Waals surface area contributed by atoms with E-state index < -0.39 is 0 Å².